The van der Waals surface area contributed by atoms with Crippen LogP contribution in [0.3, 0.4) is 0 Å². The van der Waals surface area contributed by atoms with E-state index in [1.54, 1.807) is 24.3 Å². The van der Waals surface area contributed by atoms with Crippen LogP contribution in [0.2, 0.25) is 0 Å². The van der Waals surface area contributed by atoms with Crippen molar-refractivity contribution in [3.05, 3.63) is 53.6 Å². The lowest BCUT2D eigenvalue weighted by molar-refractivity contribution is 0.0996. The lowest BCUT2D eigenvalue weighted by Crippen LogP contribution is -2.30. The molecule has 2 aliphatic rings. The summed E-state index contributed by atoms with van der Waals surface area (Å²) >= 11 is 0. The number of nitrogens with zero attached hydrogens (tertiary/aromatic N) is 1. The van der Waals surface area contributed by atoms with Gasteiger partial charge in [-0.1, -0.05) is 0 Å². The van der Waals surface area contributed by atoms with E-state index in [0.717, 1.165) is 44.0 Å². The molecule has 6 heteroatoms. The SMILES string of the molecule is NC(=O)c1ccc(N2CCCCC2)c(NC(=O)c2ccc(OCC3CC3)cc2)c1. The summed E-state index contributed by atoms with van der Waals surface area (Å²) in [6.07, 6.45) is 5.93. The van der Waals surface area contributed by atoms with Crippen molar-refractivity contribution in [1.82, 2.24) is 0 Å². The molecular formula is C23H27N3O3. The fourth-order valence-corrected chi connectivity index (χ4v) is 3.60. The zero-order valence-corrected chi connectivity index (χ0v) is 16.5. The second-order valence-corrected chi connectivity index (χ2v) is 7.88. The van der Waals surface area contributed by atoms with Gasteiger partial charge in [-0.2, -0.15) is 0 Å². The Morgan fingerprint density at radius 2 is 1.69 bits per heavy atom. The minimum Gasteiger partial charge on any atom is -0.493 e. The number of primary amides is 1. The van der Waals surface area contributed by atoms with Gasteiger partial charge >= 0.3 is 0 Å². The van der Waals surface area contributed by atoms with Gasteiger partial charge in [-0.15, -0.1) is 0 Å². The Bertz CT molecular complexity index is 885. The quantitative estimate of drug-likeness (QED) is 0.749. The Morgan fingerprint density at radius 3 is 2.34 bits per heavy atom. The van der Waals surface area contributed by atoms with Crippen molar-refractivity contribution in [2.75, 3.05) is 29.9 Å². The molecule has 6 nitrogen and oxygen atoms in total. The van der Waals surface area contributed by atoms with E-state index in [2.05, 4.69) is 10.2 Å². The number of piperidine rings is 1. The summed E-state index contributed by atoms with van der Waals surface area (Å²) < 4.78 is 5.73. The predicted octanol–water partition coefficient (Wildman–Crippen LogP) is 3.82. The lowest BCUT2D eigenvalue weighted by Gasteiger charge is -2.30. The normalized spacial score (nSPS) is 16.3. The van der Waals surface area contributed by atoms with Crippen molar-refractivity contribution in [2.45, 2.75) is 32.1 Å². The smallest absolute Gasteiger partial charge is 0.255 e. The third-order valence-corrected chi connectivity index (χ3v) is 5.53. The van der Waals surface area contributed by atoms with E-state index in [1.165, 1.54) is 19.3 Å². The second kappa shape index (κ2) is 8.55. The summed E-state index contributed by atoms with van der Waals surface area (Å²) in [5.74, 6) is 0.725. The number of nitrogens with two attached hydrogens (primary N) is 1. The summed E-state index contributed by atoms with van der Waals surface area (Å²) in [5.41, 5.74) is 7.90. The molecule has 2 amide bonds. The molecule has 29 heavy (non-hydrogen) atoms. The van der Waals surface area contributed by atoms with E-state index in [1.807, 2.05) is 18.2 Å². The fraction of sp³-hybridized carbons (Fsp3) is 0.391. The number of nitrogens with one attached hydrogen (secondary N) is 1. The molecule has 2 fully saturated rings. The van der Waals surface area contributed by atoms with Gasteiger partial charge in [0, 0.05) is 24.2 Å². The van der Waals surface area contributed by atoms with Crippen molar-refractivity contribution < 1.29 is 14.3 Å². The molecule has 152 valence electrons. The maximum atomic E-state index is 12.8. The number of ether oxygens (including phenoxy) is 1. The van der Waals surface area contributed by atoms with Crippen LogP contribution in [0.25, 0.3) is 0 Å². The molecule has 3 N–H and O–H groups in total. The van der Waals surface area contributed by atoms with Crippen LogP contribution in [0.15, 0.2) is 42.5 Å². The molecular weight excluding hydrogens is 366 g/mol. The topological polar surface area (TPSA) is 84.7 Å². The van der Waals surface area contributed by atoms with E-state index in [4.69, 9.17) is 10.5 Å². The molecule has 0 radical (unpaired) electrons. The van der Waals surface area contributed by atoms with Gasteiger partial charge in [-0.3, -0.25) is 9.59 Å². The molecule has 1 heterocycles. The summed E-state index contributed by atoms with van der Waals surface area (Å²) in [6.45, 7) is 2.61. The second-order valence-electron chi connectivity index (χ2n) is 7.88. The Labute approximate surface area is 171 Å². The summed E-state index contributed by atoms with van der Waals surface area (Å²) in [6, 6.07) is 12.4. The molecule has 0 atom stereocenters. The Hall–Kier alpha value is -3.02. The number of anilines is 2. The highest BCUT2D eigenvalue weighted by molar-refractivity contribution is 6.07. The highest BCUT2D eigenvalue weighted by Crippen LogP contribution is 2.31. The first-order valence-electron chi connectivity index (χ1n) is 10.3. The van der Waals surface area contributed by atoms with Gasteiger partial charge in [-0.05, 0) is 80.5 Å². The minimum absolute atomic E-state index is 0.223. The molecule has 0 spiro atoms. The summed E-state index contributed by atoms with van der Waals surface area (Å²) in [4.78, 5) is 26.7. The molecule has 0 unspecified atom stereocenters. The van der Waals surface area contributed by atoms with Crippen LogP contribution in [-0.4, -0.2) is 31.5 Å². The molecule has 0 aromatic heterocycles. The van der Waals surface area contributed by atoms with Crippen molar-refractivity contribution >= 4 is 23.2 Å². The lowest BCUT2D eigenvalue weighted by atomic mass is 10.1. The summed E-state index contributed by atoms with van der Waals surface area (Å²) in [7, 11) is 0. The van der Waals surface area contributed by atoms with E-state index < -0.39 is 5.91 Å². The molecule has 1 saturated carbocycles. The molecule has 2 aromatic carbocycles. The van der Waals surface area contributed by atoms with Gasteiger partial charge in [0.1, 0.15) is 5.75 Å². The average molecular weight is 393 g/mol. The highest BCUT2D eigenvalue weighted by Gasteiger charge is 2.22. The average Bonchev–Trinajstić information content (AvgIpc) is 3.58. The van der Waals surface area contributed by atoms with Gasteiger partial charge in [0.25, 0.3) is 5.91 Å². The zero-order valence-electron chi connectivity index (χ0n) is 16.5. The third kappa shape index (κ3) is 4.88. The van der Waals surface area contributed by atoms with E-state index in [-0.39, 0.29) is 5.91 Å². The Balaban J connectivity index is 1.50. The number of rotatable bonds is 7. The van der Waals surface area contributed by atoms with Crippen LogP contribution in [0, 0.1) is 5.92 Å². The number of benzene rings is 2. The van der Waals surface area contributed by atoms with Crippen molar-refractivity contribution in [2.24, 2.45) is 11.7 Å². The first kappa shape index (κ1) is 19.3. The number of hydrogen-bond donors (Lipinski definition) is 2. The number of carbonyl (C=O) groups excluding carboxylic acids is 2. The maximum absolute atomic E-state index is 12.8. The maximum Gasteiger partial charge on any atom is 0.255 e. The van der Waals surface area contributed by atoms with Crippen LogP contribution in [-0.2, 0) is 0 Å². The van der Waals surface area contributed by atoms with Gasteiger partial charge in [-0.25, -0.2) is 0 Å². The Kier molecular flexibility index (Phi) is 5.69. The molecule has 1 aliphatic carbocycles. The van der Waals surface area contributed by atoms with Crippen LogP contribution in [0.4, 0.5) is 11.4 Å². The van der Waals surface area contributed by atoms with Gasteiger partial charge < -0.3 is 20.7 Å². The standard InChI is InChI=1S/C23H27N3O3/c24-22(27)18-8-11-21(26-12-2-1-3-13-26)20(14-18)25-23(28)17-6-9-19(10-7-17)29-15-16-4-5-16/h6-11,14,16H,1-5,12-13,15H2,(H2,24,27)(H,25,28). The van der Waals surface area contributed by atoms with Crippen LogP contribution < -0.4 is 20.7 Å². The van der Waals surface area contributed by atoms with Gasteiger partial charge in [0.2, 0.25) is 5.91 Å². The van der Waals surface area contributed by atoms with Gasteiger partial charge in [0.05, 0.1) is 18.0 Å². The van der Waals surface area contributed by atoms with Gasteiger partial charge in [0.15, 0.2) is 0 Å². The number of hydrogen-bond acceptors (Lipinski definition) is 4. The van der Waals surface area contributed by atoms with E-state index in [9.17, 15) is 9.59 Å². The molecule has 2 aromatic rings. The predicted molar refractivity (Wildman–Crippen MR) is 114 cm³/mol. The molecule has 1 saturated heterocycles. The minimum atomic E-state index is -0.511. The Morgan fingerprint density at radius 1 is 1.00 bits per heavy atom. The monoisotopic (exact) mass is 393 g/mol. The number of amides is 2. The highest BCUT2D eigenvalue weighted by atomic mass is 16.5. The number of carbonyl (C=O) groups is 2. The largest absolute Gasteiger partial charge is 0.493 e. The zero-order chi connectivity index (χ0) is 20.2. The van der Waals surface area contributed by atoms with Crippen molar-refractivity contribution in [1.29, 1.82) is 0 Å². The first-order chi connectivity index (χ1) is 14.1. The van der Waals surface area contributed by atoms with E-state index >= 15 is 0 Å². The first-order valence-corrected chi connectivity index (χ1v) is 10.3. The molecule has 4 rings (SSSR count). The van der Waals surface area contributed by atoms with Crippen LogP contribution >= 0.6 is 0 Å². The third-order valence-electron chi connectivity index (χ3n) is 5.53. The molecule has 0 bridgehead atoms. The van der Waals surface area contributed by atoms with E-state index in [0.29, 0.717) is 22.7 Å². The van der Waals surface area contributed by atoms with Crippen LogP contribution in [0.1, 0.15) is 52.8 Å². The fourth-order valence-electron chi connectivity index (χ4n) is 3.60. The molecule has 1 aliphatic heterocycles. The summed E-state index contributed by atoms with van der Waals surface area (Å²) in [5, 5.41) is 2.97. The van der Waals surface area contributed by atoms with Crippen molar-refractivity contribution in [3.8, 4) is 5.75 Å². The van der Waals surface area contributed by atoms with Crippen molar-refractivity contribution in [3.63, 3.8) is 0 Å². The van der Waals surface area contributed by atoms with Crippen LogP contribution in [0.5, 0.6) is 5.75 Å².